The summed E-state index contributed by atoms with van der Waals surface area (Å²) in [6, 6.07) is -2.40. The van der Waals surface area contributed by atoms with E-state index in [0.717, 1.165) is 0 Å². The van der Waals surface area contributed by atoms with E-state index in [1.165, 1.54) is 13.8 Å². The number of hydrogen-bond acceptors (Lipinski definition) is 5. The molecule has 0 aromatic heterocycles. The van der Waals surface area contributed by atoms with Gasteiger partial charge in [-0.25, -0.2) is 0 Å². The smallest absolute Gasteiger partial charge is 0.305 e. The lowest BCUT2D eigenvalue weighted by Gasteiger charge is -2.18. The SMILES string of the molecule is CC(=O)NCC(=O)NC(C)C(=O)NC(CC(=O)O)C(N)=O. The number of carboxylic acids is 1. The minimum Gasteiger partial charge on any atom is -0.481 e. The average molecular weight is 302 g/mol. The summed E-state index contributed by atoms with van der Waals surface area (Å²) in [5.41, 5.74) is 4.96. The molecule has 0 aromatic rings. The van der Waals surface area contributed by atoms with Gasteiger partial charge in [0.15, 0.2) is 0 Å². The Labute approximate surface area is 120 Å². The van der Waals surface area contributed by atoms with Crippen molar-refractivity contribution in [2.24, 2.45) is 5.73 Å². The number of carboxylic acid groups (broad SMARTS) is 1. The maximum absolute atomic E-state index is 11.7. The number of carbonyl (C=O) groups excluding carboxylic acids is 4. The number of nitrogens with one attached hydrogen (secondary N) is 3. The van der Waals surface area contributed by atoms with Crippen LogP contribution >= 0.6 is 0 Å². The zero-order valence-corrected chi connectivity index (χ0v) is 11.6. The van der Waals surface area contributed by atoms with Gasteiger partial charge in [-0.2, -0.15) is 0 Å². The van der Waals surface area contributed by atoms with Gasteiger partial charge in [0.25, 0.3) is 0 Å². The molecule has 10 heteroatoms. The molecule has 0 saturated carbocycles. The van der Waals surface area contributed by atoms with E-state index in [1.807, 2.05) is 0 Å². The maximum atomic E-state index is 11.7. The number of hydrogen-bond donors (Lipinski definition) is 5. The van der Waals surface area contributed by atoms with Gasteiger partial charge in [-0.1, -0.05) is 0 Å². The molecule has 10 nitrogen and oxygen atoms in total. The summed E-state index contributed by atoms with van der Waals surface area (Å²) in [6.07, 6.45) is -0.659. The van der Waals surface area contributed by atoms with Gasteiger partial charge in [0.05, 0.1) is 13.0 Å². The highest BCUT2D eigenvalue weighted by molar-refractivity contribution is 5.93. The van der Waals surface area contributed by atoms with Crippen LogP contribution in [-0.2, 0) is 24.0 Å². The Hall–Kier alpha value is -2.65. The predicted molar refractivity (Wildman–Crippen MR) is 69.7 cm³/mol. The summed E-state index contributed by atoms with van der Waals surface area (Å²) >= 11 is 0. The molecule has 2 unspecified atom stereocenters. The fraction of sp³-hybridized carbons (Fsp3) is 0.545. The summed E-state index contributed by atoms with van der Waals surface area (Å²) in [4.78, 5) is 55.2. The fourth-order valence-corrected chi connectivity index (χ4v) is 1.26. The first kappa shape index (κ1) is 18.4. The van der Waals surface area contributed by atoms with Gasteiger partial charge < -0.3 is 26.8 Å². The Bertz CT molecular complexity index is 450. The number of primary amides is 1. The molecule has 118 valence electrons. The first-order chi connectivity index (χ1) is 9.63. The summed E-state index contributed by atoms with van der Waals surface area (Å²) in [5.74, 6) is -4.08. The van der Waals surface area contributed by atoms with Crippen molar-refractivity contribution >= 4 is 29.6 Å². The highest BCUT2D eigenvalue weighted by Crippen LogP contribution is 1.93. The maximum Gasteiger partial charge on any atom is 0.305 e. The summed E-state index contributed by atoms with van der Waals surface area (Å²) in [6.45, 7) is 2.26. The molecule has 0 bridgehead atoms. The van der Waals surface area contributed by atoms with Gasteiger partial charge in [0.1, 0.15) is 12.1 Å². The monoisotopic (exact) mass is 302 g/mol. The van der Waals surface area contributed by atoms with Crippen LogP contribution in [0.2, 0.25) is 0 Å². The van der Waals surface area contributed by atoms with Crippen molar-refractivity contribution in [3.8, 4) is 0 Å². The molecule has 0 aliphatic rings. The molecule has 0 saturated heterocycles. The molecule has 0 radical (unpaired) electrons. The quantitative estimate of drug-likeness (QED) is 0.321. The lowest BCUT2D eigenvalue weighted by Crippen LogP contribution is -2.53. The number of nitrogens with two attached hydrogens (primary N) is 1. The van der Waals surface area contributed by atoms with E-state index < -0.39 is 48.1 Å². The van der Waals surface area contributed by atoms with E-state index in [-0.39, 0.29) is 6.54 Å². The third-order valence-electron chi connectivity index (χ3n) is 2.31. The Morgan fingerprint density at radius 2 is 1.71 bits per heavy atom. The van der Waals surface area contributed by atoms with E-state index >= 15 is 0 Å². The topological polar surface area (TPSA) is 168 Å². The van der Waals surface area contributed by atoms with Gasteiger partial charge in [0, 0.05) is 6.92 Å². The zero-order valence-electron chi connectivity index (χ0n) is 11.6. The largest absolute Gasteiger partial charge is 0.481 e. The van der Waals surface area contributed by atoms with Gasteiger partial charge in [-0.15, -0.1) is 0 Å². The molecule has 0 aliphatic carbocycles. The predicted octanol–water partition coefficient (Wildman–Crippen LogP) is -2.93. The van der Waals surface area contributed by atoms with E-state index in [9.17, 15) is 24.0 Å². The van der Waals surface area contributed by atoms with Crippen LogP contribution in [0.4, 0.5) is 0 Å². The van der Waals surface area contributed by atoms with Crippen molar-refractivity contribution in [3.63, 3.8) is 0 Å². The minimum absolute atomic E-state index is 0.304. The zero-order chi connectivity index (χ0) is 16.6. The van der Waals surface area contributed by atoms with E-state index in [1.54, 1.807) is 0 Å². The Morgan fingerprint density at radius 1 is 1.14 bits per heavy atom. The molecule has 4 amide bonds. The van der Waals surface area contributed by atoms with Crippen molar-refractivity contribution in [2.45, 2.75) is 32.4 Å². The highest BCUT2D eigenvalue weighted by Gasteiger charge is 2.24. The van der Waals surface area contributed by atoms with Crippen LogP contribution in [0.3, 0.4) is 0 Å². The number of aliphatic carboxylic acids is 1. The molecular weight excluding hydrogens is 284 g/mol. The molecule has 0 spiro atoms. The van der Waals surface area contributed by atoms with Crippen molar-refractivity contribution in [1.82, 2.24) is 16.0 Å². The molecule has 21 heavy (non-hydrogen) atoms. The summed E-state index contributed by atoms with van der Waals surface area (Å²) in [7, 11) is 0. The Kier molecular flexibility index (Phi) is 7.43. The third kappa shape index (κ3) is 8.18. The minimum atomic E-state index is -1.37. The van der Waals surface area contributed by atoms with Crippen molar-refractivity contribution < 1.29 is 29.1 Å². The second kappa shape index (κ2) is 8.51. The fourth-order valence-electron chi connectivity index (χ4n) is 1.26. The molecule has 0 heterocycles. The van der Waals surface area contributed by atoms with Gasteiger partial charge in [-0.3, -0.25) is 24.0 Å². The molecule has 0 aromatic carbocycles. The van der Waals surface area contributed by atoms with Crippen molar-refractivity contribution in [3.05, 3.63) is 0 Å². The second-order valence-electron chi connectivity index (χ2n) is 4.26. The molecule has 0 fully saturated rings. The number of rotatable bonds is 8. The second-order valence-corrected chi connectivity index (χ2v) is 4.26. The van der Waals surface area contributed by atoms with Crippen molar-refractivity contribution in [1.29, 1.82) is 0 Å². The van der Waals surface area contributed by atoms with Crippen LogP contribution < -0.4 is 21.7 Å². The Morgan fingerprint density at radius 3 is 2.14 bits per heavy atom. The molecular formula is C11H18N4O6. The molecule has 2 atom stereocenters. The van der Waals surface area contributed by atoms with E-state index in [4.69, 9.17) is 10.8 Å². The lowest BCUT2D eigenvalue weighted by atomic mass is 10.2. The standard InChI is InChI=1S/C11H18N4O6/c1-5(14-8(17)4-13-6(2)16)11(21)15-7(10(12)20)3-9(18)19/h5,7H,3-4H2,1-2H3,(H2,12,20)(H,13,16)(H,14,17)(H,15,21)(H,18,19). The first-order valence-corrected chi connectivity index (χ1v) is 5.98. The highest BCUT2D eigenvalue weighted by atomic mass is 16.4. The van der Waals surface area contributed by atoms with Gasteiger partial charge in [0.2, 0.25) is 23.6 Å². The number of carbonyl (C=O) groups is 5. The number of amides is 4. The molecule has 0 aliphatic heterocycles. The Balaban J connectivity index is 4.42. The van der Waals surface area contributed by atoms with E-state index in [0.29, 0.717) is 0 Å². The van der Waals surface area contributed by atoms with Crippen LogP contribution in [0.15, 0.2) is 0 Å². The van der Waals surface area contributed by atoms with Crippen LogP contribution in [0.5, 0.6) is 0 Å². The van der Waals surface area contributed by atoms with Crippen LogP contribution in [0.1, 0.15) is 20.3 Å². The van der Waals surface area contributed by atoms with Gasteiger partial charge in [-0.05, 0) is 6.92 Å². The van der Waals surface area contributed by atoms with E-state index in [2.05, 4.69) is 16.0 Å². The normalized spacial score (nSPS) is 12.7. The summed E-state index contributed by atoms with van der Waals surface area (Å²) < 4.78 is 0. The summed E-state index contributed by atoms with van der Waals surface area (Å²) in [5, 5.41) is 15.2. The average Bonchev–Trinajstić information content (AvgIpc) is 2.34. The third-order valence-corrected chi connectivity index (χ3v) is 2.31. The first-order valence-electron chi connectivity index (χ1n) is 5.98. The molecule has 6 N–H and O–H groups in total. The lowest BCUT2D eigenvalue weighted by molar-refractivity contribution is -0.140. The van der Waals surface area contributed by atoms with Crippen molar-refractivity contribution in [2.75, 3.05) is 6.54 Å². The van der Waals surface area contributed by atoms with Crippen LogP contribution in [0, 0.1) is 0 Å². The van der Waals surface area contributed by atoms with Crippen LogP contribution in [0.25, 0.3) is 0 Å². The van der Waals surface area contributed by atoms with Gasteiger partial charge >= 0.3 is 5.97 Å². The van der Waals surface area contributed by atoms with Crippen LogP contribution in [-0.4, -0.2) is 53.3 Å². The molecule has 0 rings (SSSR count).